The maximum Gasteiger partial charge on any atom is 0.229 e. The highest BCUT2D eigenvalue weighted by Crippen LogP contribution is 2.37. The first-order valence-electron chi connectivity index (χ1n) is 13.3. The zero-order valence-corrected chi connectivity index (χ0v) is 23.4. The van der Waals surface area contributed by atoms with E-state index >= 15 is 0 Å². The molecule has 39 heavy (non-hydrogen) atoms. The van der Waals surface area contributed by atoms with Gasteiger partial charge in [0.05, 0.1) is 23.3 Å². The van der Waals surface area contributed by atoms with Gasteiger partial charge in [-0.3, -0.25) is 19.7 Å². The molecular formula is C30H35N6O2S. The Labute approximate surface area is 231 Å². The second kappa shape index (κ2) is 11.7. The SMILES string of the molecule is C[C](C)CN1CCC(C(Nc2cc(-c3ccc(NS(C)(=O)=O)cc3)c3nccnc3c2)c2cccnc2)CC1. The third-order valence-corrected chi connectivity index (χ3v) is 7.69. The van der Waals surface area contributed by atoms with Crippen LogP contribution in [0.3, 0.4) is 0 Å². The number of aromatic nitrogens is 3. The van der Waals surface area contributed by atoms with E-state index in [-0.39, 0.29) is 6.04 Å². The minimum atomic E-state index is -3.35. The maximum absolute atomic E-state index is 11.6. The summed E-state index contributed by atoms with van der Waals surface area (Å²) in [6.07, 6.45) is 10.5. The Kier molecular flexibility index (Phi) is 8.09. The lowest BCUT2D eigenvalue weighted by Gasteiger charge is -2.37. The van der Waals surface area contributed by atoms with E-state index in [2.05, 4.69) is 61.9 Å². The van der Waals surface area contributed by atoms with Crippen molar-refractivity contribution in [3.63, 3.8) is 0 Å². The Morgan fingerprint density at radius 3 is 2.41 bits per heavy atom. The zero-order chi connectivity index (χ0) is 27.4. The van der Waals surface area contributed by atoms with E-state index in [1.54, 1.807) is 24.5 Å². The largest absolute Gasteiger partial charge is 0.378 e. The van der Waals surface area contributed by atoms with Gasteiger partial charge < -0.3 is 10.2 Å². The number of hydrogen-bond donors (Lipinski definition) is 2. The normalized spacial score (nSPS) is 15.9. The van der Waals surface area contributed by atoms with E-state index in [1.165, 1.54) is 11.5 Å². The van der Waals surface area contributed by atoms with Gasteiger partial charge in [-0.2, -0.15) is 0 Å². The van der Waals surface area contributed by atoms with Crippen molar-refractivity contribution in [1.82, 2.24) is 19.9 Å². The van der Waals surface area contributed by atoms with Crippen LogP contribution >= 0.6 is 0 Å². The van der Waals surface area contributed by atoms with Crippen molar-refractivity contribution in [1.29, 1.82) is 0 Å². The Bertz CT molecular complexity index is 1500. The van der Waals surface area contributed by atoms with Crippen LogP contribution < -0.4 is 10.0 Å². The number of hydrogen-bond acceptors (Lipinski definition) is 7. The van der Waals surface area contributed by atoms with Crippen LogP contribution in [0.5, 0.6) is 0 Å². The molecule has 8 nitrogen and oxygen atoms in total. The fraction of sp³-hybridized carbons (Fsp3) is 0.333. The van der Waals surface area contributed by atoms with Gasteiger partial charge in [0.2, 0.25) is 10.0 Å². The molecule has 4 aromatic rings. The van der Waals surface area contributed by atoms with Crippen molar-refractivity contribution >= 4 is 32.4 Å². The van der Waals surface area contributed by atoms with E-state index < -0.39 is 10.0 Å². The van der Waals surface area contributed by atoms with Crippen LogP contribution in [0.4, 0.5) is 11.4 Å². The van der Waals surface area contributed by atoms with E-state index in [1.807, 2.05) is 30.6 Å². The first-order valence-corrected chi connectivity index (χ1v) is 15.1. The highest BCUT2D eigenvalue weighted by atomic mass is 32.2. The van der Waals surface area contributed by atoms with Crippen LogP contribution in [-0.2, 0) is 10.0 Å². The molecule has 3 heterocycles. The molecule has 0 spiro atoms. The first-order chi connectivity index (χ1) is 18.7. The number of benzene rings is 2. The van der Waals surface area contributed by atoms with Crippen molar-refractivity contribution in [2.45, 2.75) is 32.7 Å². The van der Waals surface area contributed by atoms with Crippen molar-refractivity contribution in [2.24, 2.45) is 5.92 Å². The van der Waals surface area contributed by atoms with Gasteiger partial charge in [0.15, 0.2) is 0 Å². The molecule has 2 aromatic carbocycles. The summed E-state index contributed by atoms with van der Waals surface area (Å²) in [4.78, 5) is 16.2. The molecule has 1 saturated heterocycles. The molecule has 0 saturated carbocycles. The van der Waals surface area contributed by atoms with Crippen LogP contribution in [0.25, 0.3) is 22.2 Å². The minimum absolute atomic E-state index is 0.107. The fourth-order valence-corrected chi connectivity index (χ4v) is 5.98. The quantitative estimate of drug-likeness (QED) is 0.286. The summed E-state index contributed by atoms with van der Waals surface area (Å²) in [5.74, 6) is 1.91. The predicted octanol–water partition coefficient (Wildman–Crippen LogP) is 5.54. The van der Waals surface area contributed by atoms with Crippen molar-refractivity contribution < 1.29 is 8.42 Å². The van der Waals surface area contributed by atoms with Crippen LogP contribution in [0.1, 0.15) is 38.3 Å². The number of nitrogens with zero attached hydrogens (tertiary/aromatic N) is 4. The lowest BCUT2D eigenvalue weighted by atomic mass is 9.85. The van der Waals surface area contributed by atoms with E-state index in [9.17, 15) is 8.42 Å². The number of likely N-dealkylation sites (tertiary alicyclic amines) is 1. The molecule has 1 aliphatic rings. The smallest absolute Gasteiger partial charge is 0.229 e. The minimum Gasteiger partial charge on any atom is -0.378 e. The topological polar surface area (TPSA) is 100 Å². The van der Waals surface area contributed by atoms with Crippen molar-refractivity contribution in [2.75, 3.05) is 35.9 Å². The number of fused-ring (bicyclic) bond motifs is 1. The molecule has 203 valence electrons. The molecule has 1 unspecified atom stereocenters. The molecule has 0 bridgehead atoms. The molecule has 5 rings (SSSR count). The lowest BCUT2D eigenvalue weighted by Crippen LogP contribution is -2.38. The molecule has 9 heteroatoms. The zero-order valence-electron chi connectivity index (χ0n) is 22.6. The molecule has 1 radical (unpaired) electrons. The van der Waals surface area contributed by atoms with Gasteiger partial charge in [0, 0.05) is 48.3 Å². The van der Waals surface area contributed by atoms with E-state index in [0.717, 1.165) is 66.6 Å². The highest BCUT2D eigenvalue weighted by molar-refractivity contribution is 7.92. The summed E-state index contributed by atoms with van der Waals surface area (Å²) in [5, 5.41) is 3.84. The number of rotatable bonds is 9. The van der Waals surface area contributed by atoms with Gasteiger partial charge in [-0.1, -0.05) is 32.0 Å². The van der Waals surface area contributed by atoms with Crippen molar-refractivity contribution in [3.8, 4) is 11.1 Å². The lowest BCUT2D eigenvalue weighted by molar-refractivity contribution is 0.178. The summed E-state index contributed by atoms with van der Waals surface area (Å²) < 4.78 is 25.8. The average Bonchev–Trinajstić information content (AvgIpc) is 2.92. The molecule has 1 fully saturated rings. The van der Waals surface area contributed by atoms with Crippen LogP contribution in [0.15, 0.2) is 73.3 Å². The predicted molar refractivity (Wildman–Crippen MR) is 158 cm³/mol. The number of anilines is 2. The highest BCUT2D eigenvalue weighted by Gasteiger charge is 2.28. The second-order valence-electron chi connectivity index (χ2n) is 10.6. The molecule has 1 aliphatic heterocycles. The Hall–Kier alpha value is -3.56. The summed E-state index contributed by atoms with van der Waals surface area (Å²) in [6.45, 7) is 7.61. The fourth-order valence-electron chi connectivity index (χ4n) is 5.41. The van der Waals surface area contributed by atoms with Gasteiger partial charge in [0.1, 0.15) is 0 Å². The van der Waals surface area contributed by atoms with Crippen LogP contribution in [-0.4, -0.2) is 54.2 Å². The third-order valence-electron chi connectivity index (χ3n) is 7.08. The van der Waals surface area contributed by atoms with Crippen LogP contribution in [0, 0.1) is 11.8 Å². The van der Waals surface area contributed by atoms with Gasteiger partial charge >= 0.3 is 0 Å². The van der Waals surface area contributed by atoms with E-state index in [4.69, 9.17) is 0 Å². The maximum atomic E-state index is 11.6. The summed E-state index contributed by atoms with van der Waals surface area (Å²) in [5.41, 5.74) is 6.11. The molecule has 2 aromatic heterocycles. The van der Waals surface area contributed by atoms with Gasteiger partial charge in [-0.05, 0) is 79.2 Å². The summed E-state index contributed by atoms with van der Waals surface area (Å²) in [6, 6.07) is 15.8. The standard InChI is InChI=1S/C30H35N6O2S/c1-21(2)20-36-15-10-23(11-16-36)29(24-5-4-12-31-19-24)34-26-17-27(30-28(18-26)32-13-14-33-30)22-6-8-25(9-7-22)35-39(3,37)38/h4-9,12-14,17-19,23,29,34-35H,10-11,15-16,20H2,1-3H3. The Morgan fingerprint density at radius 2 is 1.74 bits per heavy atom. The van der Waals surface area contributed by atoms with Gasteiger partial charge in [-0.15, -0.1) is 0 Å². The molecule has 0 amide bonds. The Balaban J connectivity index is 1.47. The average molecular weight is 544 g/mol. The van der Waals surface area contributed by atoms with Crippen LogP contribution in [0.2, 0.25) is 0 Å². The monoisotopic (exact) mass is 543 g/mol. The number of pyridine rings is 1. The van der Waals surface area contributed by atoms with Gasteiger partial charge in [0.25, 0.3) is 0 Å². The summed E-state index contributed by atoms with van der Waals surface area (Å²) >= 11 is 0. The number of nitrogens with one attached hydrogen (secondary N) is 2. The third kappa shape index (κ3) is 6.91. The molecule has 0 aliphatic carbocycles. The molecular weight excluding hydrogens is 508 g/mol. The number of sulfonamides is 1. The van der Waals surface area contributed by atoms with Gasteiger partial charge in [-0.25, -0.2) is 8.42 Å². The molecule has 2 N–H and O–H groups in total. The Morgan fingerprint density at radius 1 is 1.00 bits per heavy atom. The van der Waals surface area contributed by atoms with E-state index in [0.29, 0.717) is 11.6 Å². The first kappa shape index (κ1) is 27.0. The summed E-state index contributed by atoms with van der Waals surface area (Å²) in [7, 11) is -3.35. The number of piperidine rings is 1. The second-order valence-corrected chi connectivity index (χ2v) is 12.4. The molecule has 1 atom stereocenters. The van der Waals surface area contributed by atoms with Crippen molar-refractivity contribution in [3.05, 3.63) is 84.8 Å².